The van der Waals surface area contributed by atoms with E-state index in [1.54, 1.807) is 0 Å². The molecule has 1 unspecified atom stereocenters. The number of hydrogen-bond acceptors (Lipinski definition) is 3. The molecule has 0 aromatic heterocycles. The average Bonchev–Trinajstić information content (AvgIpc) is 2.41. The summed E-state index contributed by atoms with van der Waals surface area (Å²) in [5, 5.41) is 0. The van der Waals surface area contributed by atoms with Crippen LogP contribution in [0.15, 0.2) is 0 Å². The highest BCUT2D eigenvalue weighted by molar-refractivity contribution is 4.89. The Labute approximate surface area is 105 Å². The number of rotatable bonds is 4. The summed E-state index contributed by atoms with van der Waals surface area (Å²) in [5.74, 6) is 0.890. The van der Waals surface area contributed by atoms with Crippen LogP contribution in [0.4, 0.5) is 0 Å². The summed E-state index contributed by atoms with van der Waals surface area (Å²) in [5.41, 5.74) is 5.93. The fourth-order valence-corrected chi connectivity index (χ4v) is 3.14. The maximum Gasteiger partial charge on any atom is 0.0817 e. The van der Waals surface area contributed by atoms with Gasteiger partial charge in [-0.25, -0.2) is 0 Å². The summed E-state index contributed by atoms with van der Waals surface area (Å²) in [6.07, 6.45) is 8.68. The Morgan fingerprint density at radius 3 is 2.59 bits per heavy atom. The molecular formula is C14H27NO2. The molecule has 2 N–H and O–H groups in total. The van der Waals surface area contributed by atoms with Crippen LogP contribution in [0, 0.1) is 5.92 Å². The molecule has 0 bridgehead atoms. The highest BCUT2D eigenvalue weighted by Crippen LogP contribution is 2.37. The third-order valence-electron chi connectivity index (χ3n) is 4.50. The second kappa shape index (κ2) is 6.17. The minimum absolute atomic E-state index is 0.0446. The van der Waals surface area contributed by atoms with Crippen molar-refractivity contribution in [3.8, 4) is 0 Å². The maximum absolute atomic E-state index is 6.31. The monoisotopic (exact) mass is 241 g/mol. The van der Waals surface area contributed by atoms with Crippen molar-refractivity contribution in [3.63, 3.8) is 0 Å². The van der Waals surface area contributed by atoms with E-state index in [0.29, 0.717) is 6.54 Å². The fraction of sp³-hybridized carbons (Fsp3) is 1.00. The number of nitrogens with two attached hydrogens (primary N) is 1. The first kappa shape index (κ1) is 13.3. The standard InChI is InChI=1S/C14H27NO2/c1-2-12-5-7-14(11-15,8-6-12)17-13-4-3-9-16-10-13/h12-13H,2-11,15H2,1H3. The van der Waals surface area contributed by atoms with Crippen LogP contribution in [0.1, 0.15) is 51.9 Å². The molecule has 1 heterocycles. The SMILES string of the molecule is CCC1CCC(CN)(OC2CCCOC2)CC1. The van der Waals surface area contributed by atoms with Gasteiger partial charge < -0.3 is 15.2 Å². The van der Waals surface area contributed by atoms with Crippen LogP contribution in [0.2, 0.25) is 0 Å². The lowest BCUT2D eigenvalue weighted by atomic mass is 9.77. The Morgan fingerprint density at radius 2 is 2.06 bits per heavy atom. The van der Waals surface area contributed by atoms with Gasteiger partial charge in [-0.1, -0.05) is 13.3 Å². The molecule has 17 heavy (non-hydrogen) atoms. The molecule has 1 saturated carbocycles. The van der Waals surface area contributed by atoms with Crippen LogP contribution >= 0.6 is 0 Å². The van der Waals surface area contributed by atoms with Crippen LogP contribution in [-0.4, -0.2) is 31.5 Å². The van der Waals surface area contributed by atoms with E-state index in [1.165, 1.54) is 19.3 Å². The normalized spacial score (nSPS) is 39.2. The van der Waals surface area contributed by atoms with Gasteiger partial charge in [-0.3, -0.25) is 0 Å². The highest BCUT2D eigenvalue weighted by Gasteiger charge is 2.37. The Morgan fingerprint density at radius 1 is 1.29 bits per heavy atom. The van der Waals surface area contributed by atoms with Gasteiger partial charge in [0.2, 0.25) is 0 Å². The van der Waals surface area contributed by atoms with Gasteiger partial charge in [-0.05, 0) is 44.4 Å². The number of ether oxygens (including phenoxy) is 2. The molecule has 1 atom stereocenters. The summed E-state index contributed by atoms with van der Waals surface area (Å²) < 4.78 is 11.8. The van der Waals surface area contributed by atoms with Crippen molar-refractivity contribution in [1.82, 2.24) is 0 Å². The van der Waals surface area contributed by atoms with Gasteiger partial charge in [0.05, 0.1) is 18.3 Å². The van der Waals surface area contributed by atoms with Gasteiger partial charge >= 0.3 is 0 Å². The molecule has 2 rings (SSSR count). The van der Waals surface area contributed by atoms with Crippen LogP contribution in [0.3, 0.4) is 0 Å². The third-order valence-corrected chi connectivity index (χ3v) is 4.50. The topological polar surface area (TPSA) is 44.5 Å². The molecule has 1 aliphatic heterocycles. The largest absolute Gasteiger partial charge is 0.379 e. The second-order valence-electron chi connectivity index (χ2n) is 5.70. The summed E-state index contributed by atoms with van der Waals surface area (Å²) in [6.45, 7) is 4.61. The van der Waals surface area contributed by atoms with Gasteiger partial charge in [-0.15, -0.1) is 0 Å². The molecule has 1 saturated heterocycles. The summed E-state index contributed by atoms with van der Waals surface area (Å²) in [6, 6.07) is 0. The predicted octanol–water partition coefficient (Wildman–Crippen LogP) is 2.48. The lowest BCUT2D eigenvalue weighted by Crippen LogP contribution is -2.47. The van der Waals surface area contributed by atoms with Crippen molar-refractivity contribution < 1.29 is 9.47 Å². The number of hydrogen-bond donors (Lipinski definition) is 1. The fourth-order valence-electron chi connectivity index (χ4n) is 3.14. The van der Waals surface area contributed by atoms with E-state index in [0.717, 1.165) is 44.8 Å². The molecule has 2 aliphatic rings. The van der Waals surface area contributed by atoms with Crippen molar-refractivity contribution >= 4 is 0 Å². The Kier molecular flexibility index (Phi) is 4.83. The molecule has 0 aromatic rings. The first-order chi connectivity index (χ1) is 8.28. The van der Waals surface area contributed by atoms with Crippen molar-refractivity contribution in [2.24, 2.45) is 11.7 Å². The van der Waals surface area contributed by atoms with E-state index >= 15 is 0 Å². The zero-order valence-electron chi connectivity index (χ0n) is 11.1. The van der Waals surface area contributed by atoms with Crippen molar-refractivity contribution in [2.45, 2.75) is 63.6 Å². The molecule has 0 amide bonds. The van der Waals surface area contributed by atoms with Crippen LogP contribution in [-0.2, 0) is 9.47 Å². The van der Waals surface area contributed by atoms with E-state index in [9.17, 15) is 0 Å². The quantitative estimate of drug-likeness (QED) is 0.822. The lowest BCUT2D eigenvalue weighted by Gasteiger charge is -2.42. The van der Waals surface area contributed by atoms with Gasteiger partial charge in [0.25, 0.3) is 0 Å². The van der Waals surface area contributed by atoms with Crippen molar-refractivity contribution in [3.05, 3.63) is 0 Å². The predicted molar refractivity (Wildman–Crippen MR) is 69.0 cm³/mol. The van der Waals surface area contributed by atoms with E-state index in [2.05, 4.69) is 6.92 Å². The Bertz CT molecular complexity index is 218. The van der Waals surface area contributed by atoms with Crippen LogP contribution in [0.25, 0.3) is 0 Å². The second-order valence-corrected chi connectivity index (χ2v) is 5.70. The van der Waals surface area contributed by atoms with Crippen molar-refractivity contribution in [2.75, 3.05) is 19.8 Å². The van der Waals surface area contributed by atoms with Gasteiger partial charge in [0.1, 0.15) is 0 Å². The first-order valence-corrected chi connectivity index (χ1v) is 7.23. The maximum atomic E-state index is 6.31. The highest BCUT2D eigenvalue weighted by atomic mass is 16.5. The van der Waals surface area contributed by atoms with Gasteiger partial charge in [0, 0.05) is 13.2 Å². The molecule has 0 spiro atoms. The molecule has 0 aromatic carbocycles. The summed E-state index contributed by atoms with van der Waals surface area (Å²) in [4.78, 5) is 0. The first-order valence-electron chi connectivity index (χ1n) is 7.23. The van der Waals surface area contributed by atoms with E-state index in [4.69, 9.17) is 15.2 Å². The Hall–Kier alpha value is -0.120. The minimum atomic E-state index is -0.0446. The molecule has 1 aliphatic carbocycles. The summed E-state index contributed by atoms with van der Waals surface area (Å²) in [7, 11) is 0. The van der Waals surface area contributed by atoms with Crippen LogP contribution < -0.4 is 5.73 Å². The average molecular weight is 241 g/mol. The smallest absolute Gasteiger partial charge is 0.0817 e. The molecule has 2 fully saturated rings. The molecular weight excluding hydrogens is 214 g/mol. The van der Waals surface area contributed by atoms with Gasteiger partial charge in [-0.2, -0.15) is 0 Å². The summed E-state index contributed by atoms with van der Waals surface area (Å²) >= 11 is 0. The minimum Gasteiger partial charge on any atom is -0.379 e. The zero-order chi connectivity index (χ0) is 12.1. The third kappa shape index (κ3) is 3.43. The molecule has 100 valence electrons. The molecule has 3 heteroatoms. The zero-order valence-corrected chi connectivity index (χ0v) is 11.1. The van der Waals surface area contributed by atoms with E-state index in [1.807, 2.05) is 0 Å². The Balaban J connectivity index is 1.86. The molecule has 3 nitrogen and oxygen atoms in total. The van der Waals surface area contributed by atoms with E-state index < -0.39 is 0 Å². The van der Waals surface area contributed by atoms with Crippen molar-refractivity contribution in [1.29, 1.82) is 0 Å². The molecule has 0 radical (unpaired) electrons. The van der Waals surface area contributed by atoms with Gasteiger partial charge in [0.15, 0.2) is 0 Å². The van der Waals surface area contributed by atoms with Crippen LogP contribution in [0.5, 0.6) is 0 Å². The van der Waals surface area contributed by atoms with E-state index in [-0.39, 0.29) is 11.7 Å². The lowest BCUT2D eigenvalue weighted by molar-refractivity contribution is -0.149.